The Bertz CT molecular complexity index is 820. The molecule has 0 fully saturated rings. The van der Waals surface area contributed by atoms with Crippen LogP contribution < -0.4 is 5.32 Å². The first kappa shape index (κ1) is 16.3. The lowest BCUT2D eigenvalue weighted by molar-refractivity contribution is 0.179. The van der Waals surface area contributed by atoms with Crippen molar-refractivity contribution in [3.05, 3.63) is 43.0 Å². The van der Waals surface area contributed by atoms with Gasteiger partial charge in [0, 0.05) is 48.8 Å². The third kappa shape index (κ3) is 3.65. The first-order valence-electron chi connectivity index (χ1n) is 7.88. The third-order valence-corrected chi connectivity index (χ3v) is 3.83. The molecule has 3 rings (SSSR count). The lowest BCUT2D eigenvalue weighted by atomic mass is 10.0. The van der Waals surface area contributed by atoms with Crippen LogP contribution in [0, 0.1) is 0 Å². The standard InChI is InChI=1S/C18H21N5O/c1-18(2,7-11-24-3)23-17-14-6-10-20-12-15(14)21-16(22-17)13-4-8-19-9-5-13/h4-6,8-10,12H,7,11H2,1-3H3,(H,21,22,23). The summed E-state index contributed by atoms with van der Waals surface area (Å²) in [6, 6.07) is 5.73. The molecule has 0 saturated carbocycles. The quantitative estimate of drug-likeness (QED) is 0.750. The first-order valence-corrected chi connectivity index (χ1v) is 7.88. The van der Waals surface area contributed by atoms with Gasteiger partial charge in [-0.1, -0.05) is 0 Å². The van der Waals surface area contributed by atoms with E-state index in [-0.39, 0.29) is 5.54 Å². The molecule has 0 atom stereocenters. The molecule has 0 aromatic carbocycles. The molecule has 0 unspecified atom stereocenters. The fourth-order valence-corrected chi connectivity index (χ4v) is 2.45. The van der Waals surface area contributed by atoms with Gasteiger partial charge in [0.15, 0.2) is 5.82 Å². The van der Waals surface area contributed by atoms with Crippen LogP contribution in [0.15, 0.2) is 43.0 Å². The SMILES string of the molecule is COCCC(C)(C)Nc1nc(-c2ccncc2)nc2cnccc12. The second-order valence-electron chi connectivity index (χ2n) is 6.28. The summed E-state index contributed by atoms with van der Waals surface area (Å²) in [6.07, 6.45) is 7.86. The van der Waals surface area contributed by atoms with E-state index in [0.717, 1.165) is 28.7 Å². The number of anilines is 1. The summed E-state index contributed by atoms with van der Waals surface area (Å²) in [5, 5.41) is 4.48. The molecule has 0 spiro atoms. The van der Waals surface area contributed by atoms with Gasteiger partial charge in [-0.2, -0.15) is 0 Å². The summed E-state index contributed by atoms with van der Waals surface area (Å²) in [4.78, 5) is 17.6. The average molecular weight is 323 g/mol. The molecule has 0 radical (unpaired) electrons. The van der Waals surface area contributed by atoms with Crippen LogP contribution >= 0.6 is 0 Å². The zero-order valence-electron chi connectivity index (χ0n) is 14.2. The number of pyridine rings is 2. The first-order chi connectivity index (χ1) is 11.6. The van der Waals surface area contributed by atoms with E-state index in [1.807, 2.05) is 18.2 Å². The van der Waals surface area contributed by atoms with E-state index in [4.69, 9.17) is 9.72 Å². The molecule has 0 bridgehead atoms. The van der Waals surface area contributed by atoms with E-state index in [1.165, 1.54) is 0 Å². The van der Waals surface area contributed by atoms with Crippen molar-refractivity contribution in [2.24, 2.45) is 0 Å². The maximum atomic E-state index is 5.21. The molecular weight excluding hydrogens is 302 g/mol. The number of nitrogens with one attached hydrogen (secondary N) is 1. The Labute approximate surface area is 141 Å². The second-order valence-corrected chi connectivity index (χ2v) is 6.28. The third-order valence-electron chi connectivity index (χ3n) is 3.83. The summed E-state index contributed by atoms with van der Waals surface area (Å²) in [7, 11) is 1.71. The molecule has 24 heavy (non-hydrogen) atoms. The Morgan fingerprint density at radius 3 is 2.54 bits per heavy atom. The van der Waals surface area contributed by atoms with Crippen LogP contribution in [0.4, 0.5) is 5.82 Å². The van der Waals surface area contributed by atoms with E-state index in [0.29, 0.717) is 12.4 Å². The summed E-state index contributed by atoms with van der Waals surface area (Å²) in [5.74, 6) is 1.46. The number of fused-ring (bicyclic) bond motifs is 1. The molecule has 0 saturated heterocycles. The van der Waals surface area contributed by atoms with Crippen molar-refractivity contribution >= 4 is 16.7 Å². The van der Waals surface area contributed by atoms with Crippen LogP contribution in [0.1, 0.15) is 20.3 Å². The Balaban J connectivity index is 2.05. The second kappa shape index (κ2) is 6.88. The fourth-order valence-electron chi connectivity index (χ4n) is 2.45. The van der Waals surface area contributed by atoms with Crippen molar-refractivity contribution in [1.82, 2.24) is 19.9 Å². The number of ether oxygens (including phenoxy) is 1. The summed E-state index contributed by atoms with van der Waals surface area (Å²) < 4.78 is 5.21. The smallest absolute Gasteiger partial charge is 0.162 e. The summed E-state index contributed by atoms with van der Waals surface area (Å²) >= 11 is 0. The topological polar surface area (TPSA) is 72.8 Å². The number of aromatic nitrogens is 4. The van der Waals surface area contributed by atoms with Crippen molar-refractivity contribution in [1.29, 1.82) is 0 Å². The van der Waals surface area contributed by atoms with Crippen LogP contribution in [0.3, 0.4) is 0 Å². The number of hydrogen-bond acceptors (Lipinski definition) is 6. The molecule has 0 amide bonds. The highest BCUT2D eigenvalue weighted by molar-refractivity contribution is 5.90. The Morgan fingerprint density at radius 1 is 1.04 bits per heavy atom. The Morgan fingerprint density at radius 2 is 1.79 bits per heavy atom. The van der Waals surface area contributed by atoms with Gasteiger partial charge in [0.05, 0.1) is 11.7 Å². The maximum Gasteiger partial charge on any atom is 0.162 e. The lowest BCUT2D eigenvalue weighted by Gasteiger charge is -2.27. The van der Waals surface area contributed by atoms with Gasteiger partial charge in [-0.05, 0) is 38.5 Å². The number of nitrogens with zero attached hydrogens (tertiary/aromatic N) is 4. The molecule has 3 aromatic rings. The van der Waals surface area contributed by atoms with Crippen molar-refractivity contribution in [2.45, 2.75) is 25.8 Å². The van der Waals surface area contributed by atoms with Crippen molar-refractivity contribution in [3.63, 3.8) is 0 Å². The number of rotatable bonds is 6. The normalized spacial score (nSPS) is 11.6. The van der Waals surface area contributed by atoms with Gasteiger partial charge in [0.1, 0.15) is 5.82 Å². The van der Waals surface area contributed by atoms with Crippen LogP contribution in [0.25, 0.3) is 22.3 Å². The minimum Gasteiger partial charge on any atom is -0.385 e. The fraction of sp³-hybridized carbons (Fsp3) is 0.333. The Hall–Kier alpha value is -2.60. The molecular formula is C18H21N5O. The van der Waals surface area contributed by atoms with Gasteiger partial charge in [-0.15, -0.1) is 0 Å². The molecule has 0 aliphatic heterocycles. The minimum atomic E-state index is -0.157. The largest absolute Gasteiger partial charge is 0.385 e. The molecule has 0 aliphatic carbocycles. The molecule has 6 heteroatoms. The molecule has 1 N–H and O–H groups in total. The van der Waals surface area contributed by atoms with Crippen molar-refractivity contribution < 1.29 is 4.74 Å². The van der Waals surface area contributed by atoms with E-state index in [9.17, 15) is 0 Å². The van der Waals surface area contributed by atoms with Crippen LogP contribution in [0.5, 0.6) is 0 Å². The molecule has 3 heterocycles. The van der Waals surface area contributed by atoms with Crippen LogP contribution in [0.2, 0.25) is 0 Å². The van der Waals surface area contributed by atoms with Crippen molar-refractivity contribution in [2.75, 3.05) is 19.0 Å². The lowest BCUT2D eigenvalue weighted by Crippen LogP contribution is -2.32. The summed E-state index contributed by atoms with van der Waals surface area (Å²) in [5.41, 5.74) is 1.58. The zero-order valence-corrected chi connectivity index (χ0v) is 14.2. The van der Waals surface area contributed by atoms with Gasteiger partial charge in [-0.25, -0.2) is 9.97 Å². The molecule has 6 nitrogen and oxygen atoms in total. The monoisotopic (exact) mass is 323 g/mol. The van der Waals surface area contributed by atoms with Gasteiger partial charge in [0.2, 0.25) is 0 Å². The number of hydrogen-bond donors (Lipinski definition) is 1. The van der Waals surface area contributed by atoms with Crippen LogP contribution in [-0.4, -0.2) is 39.2 Å². The molecule has 0 aliphatic rings. The maximum absolute atomic E-state index is 5.21. The highest BCUT2D eigenvalue weighted by Gasteiger charge is 2.20. The van der Waals surface area contributed by atoms with E-state index >= 15 is 0 Å². The van der Waals surface area contributed by atoms with E-state index in [2.05, 4.69) is 34.1 Å². The highest BCUT2D eigenvalue weighted by atomic mass is 16.5. The van der Waals surface area contributed by atoms with Gasteiger partial charge in [-0.3, -0.25) is 9.97 Å². The van der Waals surface area contributed by atoms with E-state index < -0.39 is 0 Å². The number of methoxy groups -OCH3 is 1. The van der Waals surface area contributed by atoms with Gasteiger partial charge in [0.25, 0.3) is 0 Å². The van der Waals surface area contributed by atoms with Gasteiger partial charge >= 0.3 is 0 Å². The van der Waals surface area contributed by atoms with E-state index in [1.54, 1.807) is 31.9 Å². The molecule has 124 valence electrons. The highest BCUT2D eigenvalue weighted by Crippen LogP contribution is 2.27. The zero-order chi connectivity index (χ0) is 17.0. The predicted molar refractivity (Wildman–Crippen MR) is 94.8 cm³/mol. The van der Waals surface area contributed by atoms with Crippen LogP contribution in [-0.2, 0) is 4.74 Å². The average Bonchev–Trinajstić information content (AvgIpc) is 2.60. The van der Waals surface area contributed by atoms with Gasteiger partial charge < -0.3 is 10.1 Å². The van der Waals surface area contributed by atoms with Crippen molar-refractivity contribution in [3.8, 4) is 11.4 Å². The summed E-state index contributed by atoms with van der Waals surface area (Å²) in [6.45, 7) is 4.95. The minimum absolute atomic E-state index is 0.157. The predicted octanol–water partition coefficient (Wildman–Crippen LogP) is 3.31. The Kier molecular flexibility index (Phi) is 4.66. The molecule has 3 aromatic heterocycles.